The molecule has 2 rings (SSSR count). The SMILES string of the molecule is CC(C)CC(NP(=O)(Oc1ccccc1)Oc1c(F)c(F)c(F)c(F)c1F)C(=O)O. The molecule has 0 heterocycles. The van der Waals surface area contributed by atoms with Gasteiger partial charge in [0.25, 0.3) is 0 Å². The van der Waals surface area contributed by atoms with Crippen LogP contribution in [0, 0.1) is 35.0 Å². The predicted molar refractivity (Wildman–Crippen MR) is 95.6 cm³/mol. The number of nitrogens with one attached hydrogen (secondary N) is 1. The molecule has 0 aliphatic rings. The molecule has 0 saturated carbocycles. The zero-order valence-corrected chi connectivity index (χ0v) is 16.6. The van der Waals surface area contributed by atoms with E-state index in [0.717, 1.165) is 0 Å². The molecule has 0 aliphatic carbocycles. The Morgan fingerprint density at radius 3 is 1.93 bits per heavy atom. The summed E-state index contributed by atoms with van der Waals surface area (Å²) in [6.07, 6.45) is -0.113. The molecule has 30 heavy (non-hydrogen) atoms. The highest BCUT2D eigenvalue weighted by molar-refractivity contribution is 7.52. The van der Waals surface area contributed by atoms with Gasteiger partial charge in [-0.15, -0.1) is 0 Å². The predicted octanol–water partition coefficient (Wildman–Crippen LogP) is 5.04. The maximum absolute atomic E-state index is 14.0. The zero-order chi connectivity index (χ0) is 22.6. The quantitative estimate of drug-likeness (QED) is 0.240. The van der Waals surface area contributed by atoms with Crippen molar-refractivity contribution < 1.29 is 45.5 Å². The molecule has 0 aromatic heterocycles. The van der Waals surface area contributed by atoms with Gasteiger partial charge in [0.05, 0.1) is 0 Å². The highest BCUT2D eigenvalue weighted by Crippen LogP contribution is 2.47. The van der Waals surface area contributed by atoms with Crippen LogP contribution in [0.25, 0.3) is 0 Å². The van der Waals surface area contributed by atoms with E-state index in [0.29, 0.717) is 0 Å². The van der Waals surface area contributed by atoms with Gasteiger partial charge in [-0.05, 0) is 24.5 Å². The van der Waals surface area contributed by atoms with Gasteiger partial charge >= 0.3 is 13.7 Å². The Morgan fingerprint density at radius 2 is 1.47 bits per heavy atom. The average Bonchev–Trinajstić information content (AvgIpc) is 2.68. The molecule has 0 amide bonds. The summed E-state index contributed by atoms with van der Waals surface area (Å²) >= 11 is 0. The monoisotopic (exact) mass is 453 g/mol. The molecule has 2 aromatic rings. The molecular formula is C18H17F5NO5P. The molecule has 2 N–H and O–H groups in total. The number of carboxylic acid groups (broad SMARTS) is 1. The van der Waals surface area contributed by atoms with Crippen LogP contribution in [0.5, 0.6) is 11.5 Å². The van der Waals surface area contributed by atoms with Gasteiger partial charge in [0.1, 0.15) is 11.8 Å². The van der Waals surface area contributed by atoms with E-state index in [4.69, 9.17) is 4.52 Å². The first-order chi connectivity index (χ1) is 13.9. The second kappa shape index (κ2) is 9.44. The molecule has 0 aliphatic heterocycles. The van der Waals surface area contributed by atoms with Crippen LogP contribution >= 0.6 is 7.75 Å². The lowest BCUT2D eigenvalue weighted by atomic mass is 10.1. The number of aliphatic carboxylic acids is 1. The van der Waals surface area contributed by atoms with Gasteiger partial charge in [-0.1, -0.05) is 32.0 Å². The number of hydrogen-bond acceptors (Lipinski definition) is 4. The van der Waals surface area contributed by atoms with Gasteiger partial charge in [-0.25, -0.2) is 17.7 Å². The first-order valence-corrected chi connectivity index (χ1v) is 10.1. The van der Waals surface area contributed by atoms with Gasteiger partial charge in [0.2, 0.25) is 34.8 Å². The summed E-state index contributed by atoms with van der Waals surface area (Å²) < 4.78 is 91.1. The van der Waals surface area contributed by atoms with Gasteiger partial charge in [-0.2, -0.15) is 13.9 Å². The van der Waals surface area contributed by atoms with Gasteiger partial charge in [0, 0.05) is 0 Å². The van der Waals surface area contributed by atoms with Crippen molar-refractivity contribution in [3.05, 3.63) is 59.4 Å². The summed E-state index contributed by atoms with van der Waals surface area (Å²) in [6, 6.07) is 5.35. The number of halogens is 5. The molecule has 0 radical (unpaired) electrons. The van der Waals surface area contributed by atoms with Crippen LogP contribution in [0.15, 0.2) is 30.3 Å². The molecule has 0 fully saturated rings. The van der Waals surface area contributed by atoms with Crippen molar-refractivity contribution in [3.63, 3.8) is 0 Å². The van der Waals surface area contributed by atoms with E-state index in [9.17, 15) is 36.4 Å². The van der Waals surface area contributed by atoms with E-state index in [-0.39, 0.29) is 18.1 Å². The van der Waals surface area contributed by atoms with Crippen molar-refractivity contribution in [1.29, 1.82) is 0 Å². The number of para-hydroxylation sites is 1. The number of benzene rings is 2. The number of carbonyl (C=O) groups is 1. The fourth-order valence-corrected chi connectivity index (χ4v) is 3.89. The minimum atomic E-state index is -5.00. The van der Waals surface area contributed by atoms with Crippen LogP contribution in [0.4, 0.5) is 22.0 Å². The number of carboxylic acids is 1. The normalized spacial score (nSPS) is 14.3. The zero-order valence-electron chi connectivity index (χ0n) is 15.7. The molecule has 0 bridgehead atoms. The number of hydrogen-bond donors (Lipinski definition) is 2. The van der Waals surface area contributed by atoms with Crippen molar-refractivity contribution in [1.82, 2.24) is 5.09 Å². The Labute approximate surface area is 168 Å². The number of rotatable bonds is 9. The Balaban J connectivity index is 2.52. The van der Waals surface area contributed by atoms with Gasteiger partial charge < -0.3 is 14.2 Å². The minimum Gasteiger partial charge on any atom is -0.480 e. The summed E-state index contributed by atoms with van der Waals surface area (Å²) in [5.41, 5.74) is 0. The lowest BCUT2D eigenvalue weighted by Crippen LogP contribution is -2.38. The fraction of sp³-hybridized carbons (Fsp3) is 0.278. The van der Waals surface area contributed by atoms with Crippen molar-refractivity contribution >= 4 is 13.7 Å². The largest absolute Gasteiger partial charge is 0.513 e. The van der Waals surface area contributed by atoms with E-state index in [1.165, 1.54) is 24.3 Å². The van der Waals surface area contributed by atoms with E-state index >= 15 is 0 Å². The van der Waals surface area contributed by atoms with Crippen molar-refractivity contribution in [2.75, 3.05) is 0 Å². The van der Waals surface area contributed by atoms with Gasteiger partial charge in [0.15, 0.2) is 0 Å². The van der Waals surface area contributed by atoms with E-state index < -0.39 is 54.6 Å². The summed E-state index contributed by atoms with van der Waals surface area (Å²) in [4.78, 5) is 11.5. The lowest BCUT2D eigenvalue weighted by molar-refractivity contribution is -0.139. The second-order valence-electron chi connectivity index (χ2n) is 6.54. The standard InChI is InChI=1S/C18H17F5NO5P/c1-9(2)8-11(18(25)26)24-30(27,28-10-6-4-3-5-7-10)29-17-15(22)13(20)12(19)14(21)16(17)23/h3-7,9,11H,8H2,1-2H3,(H,24,27)(H,25,26). The molecule has 2 atom stereocenters. The third kappa shape index (κ3) is 5.48. The minimum absolute atomic E-state index is 0.113. The Morgan fingerprint density at radius 1 is 0.967 bits per heavy atom. The van der Waals surface area contributed by atoms with Crippen molar-refractivity contribution in [3.8, 4) is 11.5 Å². The highest BCUT2D eigenvalue weighted by Gasteiger charge is 2.39. The van der Waals surface area contributed by atoms with E-state index in [2.05, 4.69) is 4.52 Å². The molecule has 0 spiro atoms. The summed E-state index contributed by atoms with van der Waals surface area (Å²) in [6.45, 7) is 3.29. The van der Waals surface area contributed by atoms with Gasteiger partial charge in [-0.3, -0.25) is 4.79 Å². The average molecular weight is 453 g/mol. The first-order valence-electron chi connectivity index (χ1n) is 8.51. The second-order valence-corrected chi connectivity index (χ2v) is 8.16. The fourth-order valence-electron chi connectivity index (χ4n) is 2.35. The summed E-state index contributed by atoms with van der Waals surface area (Å²) in [7, 11) is -5.00. The highest BCUT2D eigenvalue weighted by atomic mass is 31.2. The Bertz CT molecular complexity index is 944. The smallest absolute Gasteiger partial charge is 0.480 e. The maximum atomic E-state index is 14.0. The van der Waals surface area contributed by atoms with E-state index in [1.807, 2.05) is 5.09 Å². The molecule has 2 aromatic carbocycles. The molecule has 2 unspecified atom stereocenters. The topological polar surface area (TPSA) is 84.9 Å². The molecule has 0 saturated heterocycles. The third-order valence-electron chi connectivity index (χ3n) is 3.67. The van der Waals surface area contributed by atoms with Crippen LogP contribution in [0.1, 0.15) is 20.3 Å². The summed E-state index contributed by atoms with van der Waals surface area (Å²) in [5.74, 6) is -15.6. The first kappa shape index (κ1) is 23.6. The van der Waals surface area contributed by atoms with Crippen LogP contribution in [-0.4, -0.2) is 17.1 Å². The van der Waals surface area contributed by atoms with Crippen LogP contribution in [0.2, 0.25) is 0 Å². The molecule has 164 valence electrons. The maximum Gasteiger partial charge on any atom is 0.513 e. The van der Waals surface area contributed by atoms with Crippen molar-refractivity contribution in [2.24, 2.45) is 5.92 Å². The third-order valence-corrected chi connectivity index (χ3v) is 5.17. The Hall–Kier alpha value is -2.65. The van der Waals surface area contributed by atoms with Crippen LogP contribution in [0.3, 0.4) is 0 Å². The lowest BCUT2D eigenvalue weighted by Gasteiger charge is -2.25. The van der Waals surface area contributed by atoms with Crippen LogP contribution < -0.4 is 14.1 Å². The molecular weight excluding hydrogens is 436 g/mol. The van der Waals surface area contributed by atoms with E-state index in [1.54, 1.807) is 19.9 Å². The van der Waals surface area contributed by atoms with Crippen LogP contribution in [-0.2, 0) is 9.36 Å². The summed E-state index contributed by atoms with van der Waals surface area (Å²) in [5, 5.41) is 11.3. The Kier molecular flexibility index (Phi) is 7.44. The van der Waals surface area contributed by atoms with Crippen molar-refractivity contribution in [2.45, 2.75) is 26.3 Å². The molecule has 6 nitrogen and oxygen atoms in total. The molecule has 12 heteroatoms.